The average molecular weight is 160 g/mol. The highest BCUT2D eigenvalue weighted by Gasteiger charge is 2.12. The van der Waals surface area contributed by atoms with Crippen molar-refractivity contribution >= 4 is 10.8 Å². The molecule has 0 saturated carbocycles. The van der Waals surface area contributed by atoms with Gasteiger partial charge in [0.2, 0.25) is 0 Å². The van der Waals surface area contributed by atoms with Crippen molar-refractivity contribution in [3.05, 3.63) is 25.3 Å². The number of nitrogens with two attached hydrogens (primary N) is 2. The minimum Gasteiger partial charge on any atom is -0.314 e. The van der Waals surface area contributed by atoms with E-state index >= 15 is 0 Å². The molecule has 10 heavy (non-hydrogen) atoms. The number of hydrogen-bond donors (Lipinski definition) is 2. The molecule has 0 radical (unpaired) electrons. The lowest BCUT2D eigenvalue weighted by Crippen LogP contribution is -2.35. The fraction of sp³-hybridized carbons (Fsp3) is 0.333. The van der Waals surface area contributed by atoms with Crippen molar-refractivity contribution < 1.29 is 4.21 Å². The minimum absolute atomic E-state index is 0.562. The van der Waals surface area contributed by atoms with Gasteiger partial charge in [-0.25, -0.2) is 0 Å². The molecule has 0 aromatic heterocycles. The molecule has 0 aromatic rings. The van der Waals surface area contributed by atoms with Gasteiger partial charge in [0.05, 0.1) is 10.8 Å². The molecule has 0 aliphatic rings. The molecule has 3 nitrogen and oxygen atoms in total. The molecule has 0 aliphatic heterocycles. The Balaban J connectivity index is 4.06. The highest BCUT2D eigenvalue weighted by Crippen LogP contribution is 1.95. The van der Waals surface area contributed by atoms with E-state index in [9.17, 15) is 4.21 Å². The summed E-state index contributed by atoms with van der Waals surface area (Å²) in [5.41, 5.74) is 10.7. The molecule has 0 amide bonds. The Morgan fingerprint density at radius 3 is 1.70 bits per heavy atom. The van der Waals surface area contributed by atoms with Crippen LogP contribution < -0.4 is 11.5 Å². The van der Waals surface area contributed by atoms with E-state index in [1.807, 2.05) is 0 Å². The van der Waals surface area contributed by atoms with Gasteiger partial charge in [0, 0.05) is 0 Å². The molecular weight excluding hydrogens is 148 g/mol. The predicted octanol–water partition coefficient (Wildman–Crippen LogP) is -0.323. The topological polar surface area (TPSA) is 69.1 Å². The van der Waals surface area contributed by atoms with Gasteiger partial charge in [-0.15, -0.1) is 13.2 Å². The Kier molecular flexibility index (Phi) is 4.18. The number of hydrogen-bond acceptors (Lipinski definition) is 3. The van der Waals surface area contributed by atoms with E-state index in [1.54, 1.807) is 0 Å². The van der Waals surface area contributed by atoms with Crippen LogP contribution in [0.3, 0.4) is 0 Å². The summed E-state index contributed by atoms with van der Waals surface area (Å²) in [4.78, 5) is 0. The smallest absolute Gasteiger partial charge is 0.101 e. The molecule has 0 saturated heterocycles. The van der Waals surface area contributed by atoms with E-state index in [2.05, 4.69) is 13.2 Å². The Morgan fingerprint density at radius 1 is 1.20 bits per heavy atom. The highest BCUT2D eigenvalue weighted by atomic mass is 32.2. The maximum absolute atomic E-state index is 11.0. The molecule has 2 atom stereocenters. The van der Waals surface area contributed by atoms with E-state index < -0.39 is 21.5 Å². The van der Waals surface area contributed by atoms with Crippen molar-refractivity contribution in [2.75, 3.05) is 0 Å². The maximum Gasteiger partial charge on any atom is 0.101 e. The SMILES string of the molecule is C=CC(N)S(=O)C(N)C=C. The van der Waals surface area contributed by atoms with Gasteiger partial charge in [-0.05, 0) is 0 Å². The van der Waals surface area contributed by atoms with Crippen LogP contribution in [0.1, 0.15) is 0 Å². The third-order valence-corrected chi connectivity index (χ3v) is 2.46. The molecule has 0 heterocycles. The first-order valence-electron chi connectivity index (χ1n) is 2.79. The van der Waals surface area contributed by atoms with Crippen LogP contribution in [0.15, 0.2) is 25.3 Å². The first kappa shape index (κ1) is 9.55. The van der Waals surface area contributed by atoms with Gasteiger partial charge in [0.25, 0.3) is 0 Å². The van der Waals surface area contributed by atoms with Gasteiger partial charge in [0.1, 0.15) is 10.7 Å². The van der Waals surface area contributed by atoms with E-state index in [-0.39, 0.29) is 0 Å². The van der Waals surface area contributed by atoms with Gasteiger partial charge in [-0.3, -0.25) is 4.21 Å². The lowest BCUT2D eigenvalue weighted by atomic mass is 10.6. The first-order valence-corrected chi connectivity index (χ1v) is 4.06. The first-order chi connectivity index (χ1) is 4.63. The monoisotopic (exact) mass is 160 g/mol. The zero-order chi connectivity index (χ0) is 8.15. The van der Waals surface area contributed by atoms with Gasteiger partial charge >= 0.3 is 0 Å². The van der Waals surface area contributed by atoms with Crippen molar-refractivity contribution in [2.45, 2.75) is 10.7 Å². The highest BCUT2D eigenvalue weighted by molar-refractivity contribution is 7.86. The largest absolute Gasteiger partial charge is 0.314 e. The zero-order valence-corrected chi connectivity index (χ0v) is 6.51. The summed E-state index contributed by atoms with van der Waals surface area (Å²) in [7, 11) is -1.29. The maximum atomic E-state index is 11.0. The quantitative estimate of drug-likeness (QED) is 0.554. The Morgan fingerprint density at radius 2 is 1.50 bits per heavy atom. The molecule has 0 spiro atoms. The van der Waals surface area contributed by atoms with Crippen LogP contribution in [-0.4, -0.2) is 15.0 Å². The van der Waals surface area contributed by atoms with Gasteiger partial charge in [-0.2, -0.15) is 0 Å². The van der Waals surface area contributed by atoms with Crippen LogP contribution in [0.25, 0.3) is 0 Å². The van der Waals surface area contributed by atoms with E-state index in [4.69, 9.17) is 11.5 Å². The van der Waals surface area contributed by atoms with Gasteiger partial charge in [0.15, 0.2) is 0 Å². The molecule has 4 N–H and O–H groups in total. The second kappa shape index (κ2) is 4.38. The Labute approximate surface area is 63.2 Å². The third kappa shape index (κ3) is 2.43. The van der Waals surface area contributed by atoms with Crippen LogP contribution in [0.2, 0.25) is 0 Å². The molecule has 0 bridgehead atoms. The lowest BCUT2D eigenvalue weighted by molar-refractivity contribution is 0.673. The van der Waals surface area contributed by atoms with Crippen LogP contribution >= 0.6 is 0 Å². The second-order valence-electron chi connectivity index (χ2n) is 1.73. The summed E-state index contributed by atoms with van der Waals surface area (Å²) < 4.78 is 11.0. The molecule has 4 heteroatoms. The molecule has 2 unspecified atom stereocenters. The molecule has 0 rings (SSSR count). The van der Waals surface area contributed by atoms with Crippen LogP contribution in [0.5, 0.6) is 0 Å². The van der Waals surface area contributed by atoms with E-state index in [0.717, 1.165) is 0 Å². The summed E-state index contributed by atoms with van der Waals surface area (Å²) in [5.74, 6) is 0. The van der Waals surface area contributed by atoms with Crippen molar-refractivity contribution in [2.24, 2.45) is 11.5 Å². The predicted molar refractivity (Wildman–Crippen MR) is 44.5 cm³/mol. The van der Waals surface area contributed by atoms with E-state index in [1.165, 1.54) is 12.2 Å². The average Bonchev–Trinajstić information content (AvgIpc) is 2.00. The normalized spacial score (nSPS) is 19.0. The summed E-state index contributed by atoms with van der Waals surface area (Å²) in [6.45, 7) is 6.78. The summed E-state index contributed by atoms with van der Waals surface area (Å²) in [5, 5.41) is -1.12. The Hall–Kier alpha value is -0.450. The molecular formula is C6H12N2OS. The minimum atomic E-state index is -1.29. The third-order valence-electron chi connectivity index (χ3n) is 1.00. The lowest BCUT2D eigenvalue weighted by Gasteiger charge is -2.09. The Bertz CT molecular complexity index is 142. The standard InChI is InChI=1S/C6H12N2OS/c1-3-5(7)10(9)6(8)4-2/h3-6H,1-2,7-8H2. The van der Waals surface area contributed by atoms with Crippen molar-refractivity contribution in [3.8, 4) is 0 Å². The van der Waals surface area contributed by atoms with Crippen molar-refractivity contribution in [3.63, 3.8) is 0 Å². The summed E-state index contributed by atoms with van der Waals surface area (Å²) in [6.07, 6.45) is 2.80. The molecule has 0 aliphatic carbocycles. The number of rotatable bonds is 4. The van der Waals surface area contributed by atoms with Gasteiger partial charge < -0.3 is 11.5 Å². The fourth-order valence-electron chi connectivity index (χ4n) is 0.371. The fourth-order valence-corrected chi connectivity index (χ4v) is 1.11. The van der Waals surface area contributed by atoms with Crippen molar-refractivity contribution in [1.29, 1.82) is 0 Å². The molecule has 58 valence electrons. The zero-order valence-electron chi connectivity index (χ0n) is 5.69. The van der Waals surface area contributed by atoms with Gasteiger partial charge in [-0.1, -0.05) is 12.2 Å². The van der Waals surface area contributed by atoms with Crippen LogP contribution in [0.4, 0.5) is 0 Å². The summed E-state index contributed by atoms with van der Waals surface area (Å²) >= 11 is 0. The van der Waals surface area contributed by atoms with Crippen LogP contribution in [-0.2, 0) is 10.8 Å². The summed E-state index contributed by atoms with van der Waals surface area (Å²) in [6, 6.07) is 0. The second-order valence-corrected chi connectivity index (χ2v) is 3.47. The molecule has 0 aromatic carbocycles. The van der Waals surface area contributed by atoms with Crippen molar-refractivity contribution in [1.82, 2.24) is 0 Å². The van der Waals surface area contributed by atoms with E-state index in [0.29, 0.717) is 0 Å². The molecule has 0 fully saturated rings. The van der Waals surface area contributed by atoms with Crippen LogP contribution in [0, 0.1) is 0 Å².